The first-order valence-electron chi connectivity index (χ1n) is 10.8. The normalized spacial score (nSPS) is 27.8. The van der Waals surface area contributed by atoms with Gasteiger partial charge in [0.05, 0.1) is 12.2 Å². The molecule has 0 unspecified atom stereocenters. The van der Waals surface area contributed by atoms with Crippen LogP contribution in [0.3, 0.4) is 0 Å². The Labute approximate surface area is 155 Å². The SMILES string of the molecule is CC.CCOCCCCOC1CC2(C1)CN(CC1CC(OCC)C1)C2. The molecule has 1 spiro atoms. The van der Waals surface area contributed by atoms with Crippen LogP contribution in [0.5, 0.6) is 0 Å². The summed E-state index contributed by atoms with van der Waals surface area (Å²) < 4.78 is 17.0. The number of likely N-dealkylation sites (tertiary alicyclic amines) is 1. The van der Waals surface area contributed by atoms with Crippen LogP contribution >= 0.6 is 0 Å². The minimum Gasteiger partial charge on any atom is -0.382 e. The summed E-state index contributed by atoms with van der Waals surface area (Å²) in [4.78, 5) is 2.66. The predicted molar refractivity (Wildman–Crippen MR) is 103 cm³/mol. The highest BCUT2D eigenvalue weighted by Gasteiger charge is 2.53. The van der Waals surface area contributed by atoms with Gasteiger partial charge < -0.3 is 19.1 Å². The largest absolute Gasteiger partial charge is 0.382 e. The molecular weight excluding hydrogens is 314 g/mol. The lowest BCUT2D eigenvalue weighted by Crippen LogP contribution is -2.65. The fourth-order valence-electron chi connectivity index (χ4n) is 4.57. The lowest BCUT2D eigenvalue weighted by molar-refractivity contribution is -0.159. The fraction of sp³-hybridized carbons (Fsp3) is 1.00. The summed E-state index contributed by atoms with van der Waals surface area (Å²) in [5.41, 5.74) is 0.624. The molecule has 4 heteroatoms. The molecule has 3 rings (SSSR count). The van der Waals surface area contributed by atoms with Gasteiger partial charge in [0.15, 0.2) is 0 Å². The standard InChI is InChI=1S/C19H35NO3.C2H6/c1-3-21-7-5-6-8-23-18-11-19(12-18)14-20(15-19)13-16-9-17(10-16)22-4-2;1-2/h16-18H,3-15H2,1-2H3;1-2H3. The Morgan fingerprint density at radius 1 is 0.880 bits per heavy atom. The third-order valence-electron chi connectivity index (χ3n) is 5.79. The molecule has 3 aliphatic rings. The molecule has 0 aromatic rings. The van der Waals surface area contributed by atoms with E-state index >= 15 is 0 Å². The van der Waals surface area contributed by atoms with Gasteiger partial charge in [0.2, 0.25) is 0 Å². The first-order chi connectivity index (χ1) is 12.2. The number of unbranched alkanes of at least 4 members (excludes halogenated alkanes) is 1. The van der Waals surface area contributed by atoms with E-state index in [9.17, 15) is 0 Å². The van der Waals surface area contributed by atoms with Crippen LogP contribution in [-0.4, -0.2) is 63.2 Å². The summed E-state index contributed by atoms with van der Waals surface area (Å²) >= 11 is 0. The van der Waals surface area contributed by atoms with Gasteiger partial charge in [-0.2, -0.15) is 0 Å². The van der Waals surface area contributed by atoms with Crippen molar-refractivity contribution in [2.45, 2.75) is 78.4 Å². The van der Waals surface area contributed by atoms with Gasteiger partial charge in [-0.1, -0.05) is 13.8 Å². The molecule has 148 valence electrons. The van der Waals surface area contributed by atoms with Crippen molar-refractivity contribution in [1.82, 2.24) is 4.90 Å². The molecule has 0 N–H and O–H groups in total. The van der Waals surface area contributed by atoms with E-state index in [1.165, 1.54) is 45.3 Å². The molecule has 2 aliphatic carbocycles. The molecule has 0 aromatic heterocycles. The van der Waals surface area contributed by atoms with Crippen molar-refractivity contribution in [3.8, 4) is 0 Å². The minimum atomic E-state index is 0.537. The van der Waals surface area contributed by atoms with Crippen LogP contribution in [0, 0.1) is 11.3 Å². The summed E-state index contributed by atoms with van der Waals surface area (Å²) in [5, 5.41) is 0. The number of ether oxygens (including phenoxy) is 3. The first-order valence-corrected chi connectivity index (χ1v) is 10.8. The van der Waals surface area contributed by atoms with Crippen LogP contribution in [0.2, 0.25) is 0 Å². The van der Waals surface area contributed by atoms with Gasteiger partial charge in [-0.05, 0) is 58.3 Å². The Hall–Kier alpha value is -0.160. The second-order valence-corrected chi connectivity index (χ2v) is 7.89. The number of hydrogen-bond donors (Lipinski definition) is 0. The lowest BCUT2D eigenvalue weighted by Gasteiger charge is -2.60. The zero-order valence-electron chi connectivity index (χ0n) is 17.1. The summed E-state index contributed by atoms with van der Waals surface area (Å²) in [6.45, 7) is 15.6. The average molecular weight is 356 g/mol. The average Bonchev–Trinajstić information content (AvgIpc) is 2.52. The van der Waals surface area contributed by atoms with E-state index in [1.807, 2.05) is 13.8 Å². The maximum atomic E-state index is 5.99. The Kier molecular flexibility index (Phi) is 9.18. The van der Waals surface area contributed by atoms with E-state index in [4.69, 9.17) is 14.2 Å². The molecule has 0 aromatic carbocycles. The summed E-state index contributed by atoms with van der Waals surface area (Å²) in [6.07, 6.45) is 8.51. The van der Waals surface area contributed by atoms with Gasteiger partial charge in [-0.15, -0.1) is 0 Å². The fourth-order valence-corrected chi connectivity index (χ4v) is 4.57. The number of nitrogens with zero attached hydrogens (tertiary/aromatic N) is 1. The molecule has 4 nitrogen and oxygen atoms in total. The summed E-state index contributed by atoms with van der Waals surface area (Å²) in [5.74, 6) is 0.890. The second-order valence-electron chi connectivity index (χ2n) is 7.89. The quantitative estimate of drug-likeness (QED) is 0.522. The topological polar surface area (TPSA) is 30.9 Å². The molecule has 0 amide bonds. The molecule has 1 heterocycles. The van der Waals surface area contributed by atoms with Crippen LogP contribution in [-0.2, 0) is 14.2 Å². The molecular formula is C21H41NO3. The van der Waals surface area contributed by atoms with Crippen molar-refractivity contribution in [2.24, 2.45) is 11.3 Å². The lowest BCUT2D eigenvalue weighted by atomic mass is 9.61. The minimum absolute atomic E-state index is 0.537. The molecule has 2 saturated carbocycles. The van der Waals surface area contributed by atoms with E-state index in [0.29, 0.717) is 17.6 Å². The molecule has 25 heavy (non-hydrogen) atoms. The van der Waals surface area contributed by atoms with E-state index < -0.39 is 0 Å². The Bertz CT molecular complexity index is 343. The maximum absolute atomic E-state index is 5.99. The second kappa shape index (κ2) is 10.9. The molecule has 1 saturated heterocycles. The Balaban J connectivity index is 0.00000109. The predicted octanol–water partition coefficient (Wildman–Crippen LogP) is 4.13. The van der Waals surface area contributed by atoms with E-state index in [0.717, 1.165) is 45.2 Å². The summed E-state index contributed by atoms with van der Waals surface area (Å²) in [7, 11) is 0. The van der Waals surface area contributed by atoms with Crippen LogP contribution in [0.1, 0.15) is 66.2 Å². The van der Waals surface area contributed by atoms with Crippen LogP contribution < -0.4 is 0 Å². The van der Waals surface area contributed by atoms with Gasteiger partial charge in [0, 0.05) is 51.5 Å². The van der Waals surface area contributed by atoms with Crippen molar-refractivity contribution < 1.29 is 14.2 Å². The monoisotopic (exact) mass is 355 g/mol. The highest BCUT2D eigenvalue weighted by atomic mass is 16.5. The van der Waals surface area contributed by atoms with E-state index in [-0.39, 0.29) is 0 Å². The Morgan fingerprint density at radius 3 is 2.20 bits per heavy atom. The van der Waals surface area contributed by atoms with Crippen LogP contribution in [0.25, 0.3) is 0 Å². The van der Waals surface area contributed by atoms with Crippen LogP contribution in [0.15, 0.2) is 0 Å². The van der Waals surface area contributed by atoms with Gasteiger partial charge in [0.25, 0.3) is 0 Å². The zero-order chi connectivity index (χ0) is 18.1. The van der Waals surface area contributed by atoms with E-state index in [1.54, 1.807) is 0 Å². The molecule has 3 fully saturated rings. The van der Waals surface area contributed by atoms with Crippen molar-refractivity contribution >= 4 is 0 Å². The van der Waals surface area contributed by atoms with Gasteiger partial charge in [-0.3, -0.25) is 0 Å². The van der Waals surface area contributed by atoms with Crippen molar-refractivity contribution in [1.29, 1.82) is 0 Å². The number of rotatable bonds is 11. The highest BCUT2D eigenvalue weighted by molar-refractivity contribution is 5.05. The van der Waals surface area contributed by atoms with Gasteiger partial charge >= 0.3 is 0 Å². The van der Waals surface area contributed by atoms with Crippen molar-refractivity contribution in [3.63, 3.8) is 0 Å². The molecule has 0 bridgehead atoms. The molecule has 0 atom stereocenters. The van der Waals surface area contributed by atoms with Crippen molar-refractivity contribution in [2.75, 3.05) is 46.1 Å². The maximum Gasteiger partial charge on any atom is 0.0587 e. The molecule has 0 radical (unpaired) electrons. The van der Waals surface area contributed by atoms with Gasteiger partial charge in [-0.25, -0.2) is 0 Å². The van der Waals surface area contributed by atoms with E-state index in [2.05, 4.69) is 18.7 Å². The van der Waals surface area contributed by atoms with Crippen LogP contribution in [0.4, 0.5) is 0 Å². The third kappa shape index (κ3) is 6.20. The highest BCUT2D eigenvalue weighted by Crippen LogP contribution is 2.50. The van der Waals surface area contributed by atoms with Gasteiger partial charge in [0.1, 0.15) is 0 Å². The molecule has 1 aliphatic heterocycles. The zero-order valence-corrected chi connectivity index (χ0v) is 17.1. The van der Waals surface area contributed by atoms with Crippen molar-refractivity contribution in [3.05, 3.63) is 0 Å². The first kappa shape index (κ1) is 21.1. The Morgan fingerprint density at radius 2 is 1.56 bits per heavy atom. The summed E-state index contributed by atoms with van der Waals surface area (Å²) in [6, 6.07) is 0. The smallest absolute Gasteiger partial charge is 0.0587 e. The third-order valence-corrected chi connectivity index (χ3v) is 5.79. The number of hydrogen-bond acceptors (Lipinski definition) is 4.